The molecule has 1 unspecified atom stereocenters. The minimum Gasteiger partial charge on any atom is -0.300 e. The van der Waals surface area contributed by atoms with Crippen molar-refractivity contribution in [2.45, 2.75) is 46.0 Å². The molecule has 0 spiro atoms. The molecule has 0 radical (unpaired) electrons. The van der Waals surface area contributed by atoms with Crippen LogP contribution in [0.3, 0.4) is 0 Å². The Kier molecular flexibility index (Phi) is 6.67. The maximum atomic E-state index is 13.3. The van der Waals surface area contributed by atoms with Gasteiger partial charge in [-0.2, -0.15) is 0 Å². The summed E-state index contributed by atoms with van der Waals surface area (Å²) in [4.78, 5) is 13.3. The minimum absolute atomic E-state index is 0.0834. The Morgan fingerprint density at radius 1 is 0.794 bits per heavy atom. The molecule has 0 aliphatic rings. The minimum atomic E-state index is -0.719. The maximum Gasteiger partial charge on any atom is 0.232 e. The first-order chi connectivity index (χ1) is 16.2. The fourth-order valence-corrected chi connectivity index (χ4v) is 4.76. The number of aromatic nitrogens is 2. The van der Waals surface area contributed by atoms with Crippen LogP contribution >= 0.6 is 11.3 Å². The van der Waals surface area contributed by atoms with Crippen LogP contribution in [-0.4, -0.2) is 16.1 Å². The van der Waals surface area contributed by atoms with Crippen LogP contribution in [0.2, 0.25) is 0 Å². The summed E-state index contributed by atoms with van der Waals surface area (Å²) in [6.45, 7) is 10.6. The van der Waals surface area contributed by atoms with Crippen LogP contribution in [0.1, 0.15) is 57.2 Å². The lowest BCUT2D eigenvalue weighted by Gasteiger charge is -2.34. The topological polar surface area (TPSA) is 54.9 Å². The summed E-state index contributed by atoms with van der Waals surface area (Å²) < 4.78 is 0. The highest BCUT2D eigenvalue weighted by molar-refractivity contribution is 7.13. The Morgan fingerprint density at radius 2 is 1.35 bits per heavy atom. The van der Waals surface area contributed by atoms with Gasteiger partial charge in [-0.15, -0.1) is 10.2 Å². The van der Waals surface area contributed by atoms with Crippen molar-refractivity contribution < 1.29 is 4.79 Å². The number of carbonyl (C=O) groups excluding carboxylic acids is 1. The normalized spacial score (nSPS) is 12.9. The third-order valence-corrected chi connectivity index (χ3v) is 6.96. The number of hydrogen-bond acceptors (Lipinski definition) is 4. The van der Waals surface area contributed by atoms with Gasteiger partial charge in [0.2, 0.25) is 11.0 Å². The first-order valence-electron chi connectivity index (χ1n) is 11.5. The first kappa shape index (κ1) is 23.8. The number of anilines is 1. The number of nitrogens with zero attached hydrogens (tertiary/aromatic N) is 2. The van der Waals surface area contributed by atoms with Gasteiger partial charge in [-0.25, -0.2) is 0 Å². The molecule has 174 valence electrons. The van der Waals surface area contributed by atoms with Gasteiger partial charge < -0.3 is 5.32 Å². The molecule has 4 rings (SSSR count). The number of carbonyl (C=O) groups is 1. The molecular formula is C29H31N3OS. The monoisotopic (exact) mass is 469 g/mol. The van der Waals surface area contributed by atoms with E-state index >= 15 is 0 Å². The average molecular weight is 470 g/mol. The molecule has 34 heavy (non-hydrogen) atoms. The third-order valence-electron chi connectivity index (χ3n) is 6.35. The lowest BCUT2D eigenvalue weighted by molar-refractivity contribution is -0.124. The summed E-state index contributed by atoms with van der Waals surface area (Å²) in [5.41, 5.74) is 6.89. The molecule has 0 saturated heterocycles. The molecule has 4 nitrogen and oxygen atoms in total. The van der Waals surface area contributed by atoms with Gasteiger partial charge in [0, 0.05) is 5.92 Å². The zero-order chi connectivity index (χ0) is 24.3. The van der Waals surface area contributed by atoms with Crippen LogP contribution in [-0.2, 0) is 10.2 Å². The van der Waals surface area contributed by atoms with Crippen molar-refractivity contribution in [3.63, 3.8) is 0 Å². The standard InChI is InChI=1S/C29H31N3OS/c1-28(2,3)24-17-15-21(16-18-24)20-11-13-23(14-12-20)25(22-9-7-6-8-10-22)29(4,5)26(33)31-27-32-30-19-34-27/h6-19,25H,1-5H3,(H,31,32,33). The molecule has 1 atom stereocenters. The number of amides is 1. The van der Waals surface area contributed by atoms with Gasteiger partial charge in [0.15, 0.2) is 0 Å². The van der Waals surface area contributed by atoms with E-state index in [0.717, 1.165) is 16.7 Å². The summed E-state index contributed by atoms with van der Waals surface area (Å²) in [5.74, 6) is -0.209. The van der Waals surface area contributed by atoms with Gasteiger partial charge in [0.05, 0.1) is 5.41 Å². The van der Waals surface area contributed by atoms with Crippen LogP contribution in [0.15, 0.2) is 84.4 Å². The molecular weight excluding hydrogens is 438 g/mol. The van der Waals surface area contributed by atoms with E-state index in [2.05, 4.69) is 96.9 Å². The predicted molar refractivity (Wildman–Crippen MR) is 141 cm³/mol. The second kappa shape index (κ2) is 9.51. The zero-order valence-electron chi connectivity index (χ0n) is 20.4. The van der Waals surface area contributed by atoms with E-state index in [0.29, 0.717) is 5.13 Å². The van der Waals surface area contributed by atoms with Crippen molar-refractivity contribution in [2.75, 3.05) is 5.32 Å². The second-order valence-electron chi connectivity index (χ2n) is 10.2. The van der Waals surface area contributed by atoms with Gasteiger partial charge in [-0.3, -0.25) is 4.79 Å². The predicted octanol–water partition coefficient (Wildman–Crippen LogP) is 7.30. The van der Waals surface area contributed by atoms with Gasteiger partial charge in [-0.05, 0) is 33.2 Å². The molecule has 1 aromatic heterocycles. The molecule has 0 bridgehead atoms. The average Bonchev–Trinajstić information content (AvgIpc) is 3.33. The highest BCUT2D eigenvalue weighted by atomic mass is 32.1. The number of nitrogens with one attached hydrogen (secondary N) is 1. The smallest absolute Gasteiger partial charge is 0.232 e. The second-order valence-corrected chi connectivity index (χ2v) is 11.0. The van der Waals surface area contributed by atoms with E-state index in [9.17, 15) is 4.79 Å². The molecule has 4 aromatic rings. The van der Waals surface area contributed by atoms with Crippen LogP contribution < -0.4 is 5.32 Å². The van der Waals surface area contributed by atoms with Crippen molar-refractivity contribution in [3.05, 3.63) is 101 Å². The van der Waals surface area contributed by atoms with E-state index in [-0.39, 0.29) is 17.2 Å². The third kappa shape index (κ3) is 5.10. The molecule has 0 aliphatic heterocycles. The van der Waals surface area contributed by atoms with Crippen LogP contribution in [0, 0.1) is 5.41 Å². The highest BCUT2D eigenvalue weighted by Crippen LogP contribution is 2.42. The van der Waals surface area contributed by atoms with E-state index in [1.807, 2.05) is 32.0 Å². The Morgan fingerprint density at radius 3 is 1.88 bits per heavy atom. The number of benzene rings is 3. The summed E-state index contributed by atoms with van der Waals surface area (Å²) in [7, 11) is 0. The Hall–Kier alpha value is -3.31. The quantitative estimate of drug-likeness (QED) is 0.322. The zero-order valence-corrected chi connectivity index (χ0v) is 21.2. The molecule has 0 fully saturated rings. The van der Waals surface area contributed by atoms with E-state index < -0.39 is 5.41 Å². The van der Waals surface area contributed by atoms with E-state index in [1.54, 1.807) is 5.51 Å². The summed E-state index contributed by atoms with van der Waals surface area (Å²) in [6, 6.07) is 27.6. The van der Waals surface area contributed by atoms with Crippen LogP contribution in [0.25, 0.3) is 11.1 Å². The molecule has 0 aliphatic carbocycles. The maximum absolute atomic E-state index is 13.3. The SMILES string of the molecule is CC(C)(C)c1ccc(-c2ccc(C(c3ccccc3)C(C)(C)C(=O)Nc3nncs3)cc2)cc1. The van der Waals surface area contributed by atoms with Gasteiger partial charge in [0.1, 0.15) is 5.51 Å². The van der Waals surface area contributed by atoms with Crippen molar-refractivity contribution in [2.24, 2.45) is 5.41 Å². The summed E-state index contributed by atoms with van der Waals surface area (Å²) in [6.07, 6.45) is 0. The fraction of sp³-hybridized carbons (Fsp3) is 0.276. The lowest BCUT2D eigenvalue weighted by Crippen LogP contribution is -2.37. The molecule has 1 amide bonds. The van der Waals surface area contributed by atoms with Crippen molar-refractivity contribution in [1.82, 2.24) is 10.2 Å². The molecule has 0 saturated carbocycles. The van der Waals surface area contributed by atoms with Crippen molar-refractivity contribution in [1.29, 1.82) is 0 Å². The molecule has 1 heterocycles. The largest absolute Gasteiger partial charge is 0.300 e. The van der Waals surface area contributed by atoms with Crippen molar-refractivity contribution in [3.8, 4) is 11.1 Å². The highest BCUT2D eigenvalue weighted by Gasteiger charge is 2.39. The Bertz CT molecular complexity index is 1220. The van der Waals surface area contributed by atoms with Crippen LogP contribution in [0.4, 0.5) is 5.13 Å². The van der Waals surface area contributed by atoms with Crippen LogP contribution in [0.5, 0.6) is 0 Å². The summed E-state index contributed by atoms with van der Waals surface area (Å²) >= 11 is 1.32. The molecule has 3 aromatic carbocycles. The Balaban J connectivity index is 1.66. The fourth-order valence-electron chi connectivity index (χ4n) is 4.32. The first-order valence-corrected chi connectivity index (χ1v) is 12.4. The number of hydrogen-bond donors (Lipinski definition) is 1. The van der Waals surface area contributed by atoms with Crippen molar-refractivity contribution >= 4 is 22.4 Å². The van der Waals surface area contributed by atoms with Gasteiger partial charge in [-0.1, -0.05) is 125 Å². The number of rotatable bonds is 6. The molecule has 1 N–H and O–H groups in total. The van der Waals surface area contributed by atoms with Gasteiger partial charge in [0.25, 0.3) is 0 Å². The van der Waals surface area contributed by atoms with E-state index in [1.165, 1.54) is 22.5 Å². The molecule has 5 heteroatoms. The lowest BCUT2D eigenvalue weighted by atomic mass is 9.70. The Labute approximate surface area is 206 Å². The van der Waals surface area contributed by atoms with Gasteiger partial charge >= 0.3 is 0 Å². The van der Waals surface area contributed by atoms with E-state index in [4.69, 9.17) is 0 Å². The summed E-state index contributed by atoms with van der Waals surface area (Å²) in [5, 5.41) is 11.3.